The summed E-state index contributed by atoms with van der Waals surface area (Å²) in [5, 5.41) is 0. The summed E-state index contributed by atoms with van der Waals surface area (Å²) in [6.07, 6.45) is 2.99. The number of nitrogens with zero attached hydrogens (tertiary/aromatic N) is 3. The molecule has 0 aliphatic rings. The van der Waals surface area contributed by atoms with Crippen molar-refractivity contribution >= 4 is 17.4 Å². The van der Waals surface area contributed by atoms with Crippen LogP contribution < -0.4 is 10.5 Å². The average molecular weight is 373 g/mol. The summed E-state index contributed by atoms with van der Waals surface area (Å²) < 4.78 is 28.7. The van der Waals surface area contributed by atoms with Gasteiger partial charge in [-0.2, -0.15) is 0 Å². The molecule has 1 aromatic heterocycles. The Bertz CT molecular complexity index is 1020. The lowest BCUT2D eigenvalue weighted by Crippen LogP contribution is -2.23. The molecular formula is C19H17F2N3OS. The lowest BCUT2D eigenvalue weighted by Gasteiger charge is -2.18. The van der Waals surface area contributed by atoms with Gasteiger partial charge in [-0.1, -0.05) is 24.3 Å². The standard InChI is InChI=1S/C19H17F2N3OS/c1-23(2)14-9-5-4-7-12(14)17-18(26-3)19(25)24(11-22-17)15-10-6-8-13(20)16(15)21/h4-11H,1-3H3. The number of anilines is 1. The quantitative estimate of drug-likeness (QED) is 0.649. The van der Waals surface area contributed by atoms with E-state index in [9.17, 15) is 13.6 Å². The molecule has 0 aliphatic heterocycles. The molecule has 7 heteroatoms. The maximum absolute atomic E-state index is 14.1. The summed E-state index contributed by atoms with van der Waals surface area (Å²) in [5.41, 5.74) is 1.61. The van der Waals surface area contributed by atoms with Gasteiger partial charge in [-0.25, -0.2) is 13.8 Å². The van der Waals surface area contributed by atoms with Crippen molar-refractivity contribution in [1.82, 2.24) is 9.55 Å². The maximum atomic E-state index is 14.1. The summed E-state index contributed by atoms with van der Waals surface area (Å²) in [7, 11) is 3.81. The topological polar surface area (TPSA) is 38.1 Å². The van der Waals surface area contributed by atoms with Crippen LogP contribution in [0.2, 0.25) is 0 Å². The van der Waals surface area contributed by atoms with E-state index in [0.717, 1.165) is 21.9 Å². The van der Waals surface area contributed by atoms with E-state index in [1.165, 1.54) is 30.2 Å². The monoisotopic (exact) mass is 373 g/mol. The Balaban J connectivity index is 2.25. The maximum Gasteiger partial charge on any atom is 0.272 e. The van der Waals surface area contributed by atoms with Crippen LogP contribution in [0.25, 0.3) is 16.9 Å². The van der Waals surface area contributed by atoms with Gasteiger partial charge in [-0.15, -0.1) is 11.8 Å². The fourth-order valence-corrected chi connectivity index (χ4v) is 3.36. The molecule has 0 saturated carbocycles. The van der Waals surface area contributed by atoms with Gasteiger partial charge in [-0.3, -0.25) is 9.36 Å². The molecule has 1 heterocycles. The number of halogens is 2. The Morgan fingerprint density at radius 2 is 1.81 bits per heavy atom. The number of thioether (sulfide) groups is 1. The molecule has 0 radical (unpaired) electrons. The average Bonchev–Trinajstić information content (AvgIpc) is 2.64. The van der Waals surface area contributed by atoms with Crippen molar-refractivity contribution in [2.45, 2.75) is 4.90 Å². The fourth-order valence-electron chi connectivity index (χ4n) is 2.73. The van der Waals surface area contributed by atoms with Crippen molar-refractivity contribution in [3.63, 3.8) is 0 Å². The van der Waals surface area contributed by atoms with E-state index in [1.807, 2.05) is 43.3 Å². The van der Waals surface area contributed by atoms with Crippen LogP contribution in [0.3, 0.4) is 0 Å². The molecule has 0 bridgehead atoms. The molecule has 134 valence electrons. The summed E-state index contributed by atoms with van der Waals surface area (Å²) in [4.78, 5) is 19.6. The van der Waals surface area contributed by atoms with Crippen molar-refractivity contribution < 1.29 is 8.78 Å². The number of para-hydroxylation sites is 1. The minimum absolute atomic E-state index is 0.162. The highest BCUT2D eigenvalue weighted by atomic mass is 32.2. The molecule has 26 heavy (non-hydrogen) atoms. The van der Waals surface area contributed by atoms with Crippen LogP contribution in [0, 0.1) is 11.6 Å². The van der Waals surface area contributed by atoms with E-state index < -0.39 is 17.2 Å². The second-order valence-corrected chi connectivity index (χ2v) is 6.60. The molecule has 0 N–H and O–H groups in total. The van der Waals surface area contributed by atoms with E-state index in [0.29, 0.717) is 10.6 Å². The molecular weight excluding hydrogens is 356 g/mol. The minimum Gasteiger partial charge on any atom is -0.377 e. The predicted octanol–water partition coefficient (Wildman–Crippen LogP) is 3.97. The molecule has 3 aromatic rings. The first kappa shape index (κ1) is 18.1. The van der Waals surface area contributed by atoms with Crippen molar-refractivity contribution in [1.29, 1.82) is 0 Å². The molecule has 0 aliphatic carbocycles. The third-order valence-electron chi connectivity index (χ3n) is 3.97. The molecule has 4 nitrogen and oxygen atoms in total. The fraction of sp³-hybridized carbons (Fsp3) is 0.158. The zero-order valence-corrected chi connectivity index (χ0v) is 15.3. The zero-order valence-electron chi connectivity index (χ0n) is 14.5. The summed E-state index contributed by atoms with van der Waals surface area (Å²) >= 11 is 1.23. The highest BCUT2D eigenvalue weighted by molar-refractivity contribution is 7.98. The van der Waals surface area contributed by atoms with E-state index in [4.69, 9.17) is 0 Å². The highest BCUT2D eigenvalue weighted by Crippen LogP contribution is 2.32. The van der Waals surface area contributed by atoms with Crippen LogP contribution in [-0.2, 0) is 0 Å². The Kier molecular flexibility index (Phi) is 5.08. The smallest absolute Gasteiger partial charge is 0.272 e. The number of benzene rings is 2. The highest BCUT2D eigenvalue weighted by Gasteiger charge is 2.19. The van der Waals surface area contributed by atoms with Gasteiger partial charge in [0.2, 0.25) is 0 Å². The van der Waals surface area contributed by atoms with Gasteiger partial charge in [0.25, 0.3) is 5.56 Å². The molecule has 3 rings (SSSR count). The van der Waals surface area contributed by atoms with Crippen LogP contribution in [0.1, 0.15) is 0 Å². The van der Waals surface area contributed by atoms with Crippen molar-refractivity contribution in [2.75, 3.05) is 25.3 Å². The minimum atomic E-state index is -1.08. The van der Waals surface area contributed by atoms with Gasteiger partial charge in [-0.05, 0) is 24.5 Å². The molecule has 0 fully saturated rings. The van der Waals surface area contributed by atoms with Gasteiger partial charge in [0.15, 0.2) is 11.6 Å². The number of aromatic nitrogens is 2. The Morgan fingerprint density at radius 3 is 2.50 bits per heavy atom. The zero-order chi connectivity index (χ0) is 18.8. The molecule has 0 unspecified atom stereocenters. The number of hydrogen-bond acceptors (Lipinski definition) is 4. The van der Waals surface area contributed by atoms with Crippen LogP contribution in [0.5, 0.6) is 0 Å². The second kappa shape index (κ2) is 7.29. The first-order valence-corrected chi connectivity index (χ1v) is 9.05. The molecule has 2 aromatic carbocycles. The van der Waals surface area contributed by atoms with E-state index >= 15 is 0 Å². The van der Waals surface area contributed by atoms with E-state index in [-0.39, 0.29) is 5.69 Å². The van der Waals surface area contributed by atoms with Crippen molar-refractivity contribution in [3.8, 4) is 16.9 Å². The molecule has 0 spiro atoms. The van der Waals surface area contributed by atoms with Crippen LogP contribution in [-0.4, -0.2) is 29.9 Å². The third-order valence-corrected chi connectivity index (χ3v) is 4.74. The Hall–Kier alpha value is -2.67. The Labute approximate surface area is 154 Å². The predicted molar refractivity (Wildman–Crippen MR) is 101 cm³/mol. The molecule has 0 atom stereocenters. The number of rotatable bonds is 4. The first-order valence-electron chi connectivity index (χ1n) is 7.82. The van der Waals surface area contributed by atoms with Crippen molar-refractivity contribution in [2.24, 2.45) is 0 Å². The van der Waals surface area contributed by atoms with Crippen LogP contribution in [0.15, 0.2) is 58.5 Å². The molecule has 0 amide bonds. The van der Waals surface area contributed by atoms with Gasteiger partial charge in [0.1, 0.15) is 6.33 Å². The van der Waals surface area contributed by atoms with Gasteiger partial charge in [0.05, 0.1) is 16.3 Å². The Morgan fingerprint density at radius 1 is 1.08 bits per heavy atom. The molecule has 0 saturated heterocycles. The summed E-state index contributed by atoms with van der Waals surface area (Å²) in [5.74, 6) is -2.09. The lowest BCUT2D eigenvalue weighted by atomic mass is 10.1. The van der Waals surface area contributed by atoms with Crippen LogP contribution in [0.4, 0.5) is 14.5 Å². The summed E-state index contributed by atoms with van der Waals surface area (Å²) in [6.45, 7) is 0. The SMILES string of the molecule is CSc1c(-c2ccccc2N(C)C)ncn(-c2cccc(F)c2F)c1=O. The summed E-state index contributed by atoms with van der Waals surface area (Å²) in [6, 6.07) is 11.3. The van der Waals surface area contributed by atoms with Crippen LogP contribution >= 0.6 is 11.8 Å². The van der Waals surface area contributed by atoms with Gasteiger partial charge in [0, 0.05) is 25.3 Å². The van der Waals surface area contributed by atoms with Crippen molar-refractivity contribution in [3.05, 3.63) is 70.8 Å². The van der Waals surface area contributed by atoms with Gasteiger partial charge >= 0.3 is 0 Å². The largest absolute Gasteiger partial charge is 0.377 e. The second-order valence-electron chi connectivity index (χ2n) is 5.79. The lowest BCUT2D eigenvalue weighted by molar-refractivity contribution is 0.503. The number of hydrogen-bond donors (Lipinski definition) is 0. The normalized spacial score (nSPS) is 10.8. The third kappa shape index (κ3) is 3.10. The van der Waals surface area contributed by atoms with Gasteiger partial charge < -0.3 is 4.90 Å². The first-order chi connectivity index (χ1) is 12.5. The van der Waals surface area contributed by atoms with E-state index in [1.54, 1.807) is 6.26 Å². The van der Waals surface area contributed by atoms with E-state index in [2.05, 4.69) is 4.98 Å².